The van der Waals surface area contributed by atoms with Crippen LogP contribution in [0.3, 0.4) is 0 Å². The minimum Gasteiger partial charge on any atom is -0.497 e. The van der Waals surface area contributed by atoms with Crippen molar-refractivity contribution < 1.29 is 23.8 Å². The molecule has 2 N–H and O–H groups in total. The second kappa shape index (κ2) is 9.98. The van der Waals surface area contributed by atoms with Gasteiger partial charge in [-0.25, -0.2) is 14.6 Å². The molecule has 2 aromatic carbocycles. The molecule has 9 nitrogen and oxygen atoms in total. The summed E-state index contributed by atoms with van der Waals surface area (Å²) >= 11 is 6.59. The van der Waals surface area contributed by atoms with Gasteiger partial charge in [0.25, 0.3) is 0 Å². The Bertz CT molecular complexity index is 1480. The lowest BCUT2D eigenvalue weighted by atomic mass is 9.81. The number of methoxy groups -OCH3 is 3. The Morgan fingerprint density at radius 3 is 2.36 bits per heavy atom. The molecule has 0 bridgehead atoms. The number of halogens is 1. The summed E-state index contributed by atoms with van der Waals surface area (Å²) < 4.78 is 15.4. The van der Waals surface area contributed by atoms with Crippen molar-refractivity contribution in [1.29, 1.82) is 5.26 Å². The van der Waals surface area contributed by atoms with E-state index in [9.17, 15) is 14.9 Å². The number of hydrogen-bond acceptors (Lipinski definition) is 9. The second-order valence-electron chi connectivity index (χ2n) is 7.69. The van der Waals surface area contributed by atoms with Gasteiger partial charge in [0.15, 0.2) is 0 Å². The Labute approximate surface area is 211 Å². The average Bonchev–Trinajstić information content (AvgIpc) is 2.91. The molecule has 1 aliphatic rings. The summed E-state index contributed by atoms with van der Waals surface area (Å²) in [4.78, 5) is 32.1. The maximum atomic E-state index is 13.2. The van der Waals surface area contributed by atoms with Gasteiger partial charge in [0.2, 0.25) is 0 Å². The summed E-state index contributed by atoms with van der Waals surface area (Å²) in [6, 6.07) is 17.6. The molecule has 1 atom stereocenters. The van der Waals surface area contributed by atoms with E-state index in [1.165, 1.54) is 26.2 Å². The Balaban J connectivity index is 2.09. The standard InChI is InChI=1S/C26H21ClN4O5/c1-34-16-9-10-19-14(11-16)12-17(23(27)30-19)20-18(13-28)24(29)31(15-7-5-4-6-8-15)22(26(33)36-3)21(20)25(32)35-2/h4-12,20H,29H2,1-3H3. The van der Waals surface area contributed by atoms with Crippen molar-refractivity contribution in [3.63, 3.8) is 0 Å². The van der Waals surface area contributed by atoms with E-state index in [-0.39, 0.29) is 33.4 Å². The first kappa shape index (κ1) is 24.6. The second-order valence-corrected chi connectivity index (χ2v) is 8.05. The van der Waals surface area contributed by atoms with Crippen molar-refractivity contribution in [3.8, 4) is 11.8 Å². The molecule has 0 spiro atoms. The number of anilines is 1. The summed E-state index contributed by atoms with van der Waals surface area (Å²) in [5.41, 5.74) is 7.41. The van der Waals surface area contributed by atoms with Crippen LogP contribution >= 0.6 is 11.6 Å². The molecule has 1 unspecified atom stereocenters. The molecule has 0 fully saturated rings. The minimum atomic E-state index is -1.16. The van der Waals surface area contributed by atoms with Gasteiger partial charge in [-0.2, -0.15) is 5.26 Å². The van der Waals surface area contributed by atoms with Crippen LogP contribution in [0.15, 0.2) is 77.3 Å². The van der Waals surface area contributed by atoms with Crippen molar-refractivity contribution >= 4 is 40.1 Å². The van der Waals surface area contributed by atoms with Crippen LogP contribution in [0.25, 0.3) is 10.9 Å². The first-order valence-electron chi connectivity index (χ1n) is 10.7. The molecule has 182 valence electrons. The Hall–Kier alpha value is -4.55. The minimum absolute atomic E-state index is 0.0159. The first-order valence-corrected chi connectivity index (χ1v) is 11.0. The fourth-order valence-electron chi connectivity index (χ4n) is 4.17. The van der Waals surface area contributed by atoms with Crippen LogP contribution in [-0.2, 0) is 19.1 Å². The van der Waals surface area contributed by atoms with Gasteiger partial charge in [0.05, 0.1) is 50.0 Å². The molecule has 0 aliphatic carbocycles. The third kappa shape index (κ3) is 4.08. The van der Waals surface area contributed by atoms with E-state index >= 15 is 0 Å². The predicted octanol–water partition coefficient (Wildman–Crippen LogP) is 3.79. The number of fused-ring (bicyclic) bond motifs is 1. The van der Waals surface area contributed by atoms with E-state index < -0.39 is 17.9 Å². The summed E-state index contributed by atoms with van der Waals surface area (Å²) in [5.74, 6) is -2.36. The molecule has 2 heterocycles. The molecule has 0 radical (unpaired) electrons. The summed E-state index contributed by atoms with van der Waals surface area (Å²) in [6.07, 6.45) is 0. The topological polar surface area (TPSA) is 128 Å². The number of carbonyl (C=O) groups excluding carboxylic acids is 2. The van der Waals surface area contributed by atoms with Crippen LogP contribution in [-0.4, -0.2) is 38.3 Å². The zero-order valence-electron chi connectivity index (χ0n) is 19.6. The van der Waals surface area contributed by atoms with Crippen molar-refractivity contribution in [3.05, 3.63) is 88.0 Å². The summed E-state index contributed by atoms with van der Waals surface area (Å²) in [5, 5.41) is 10.9. The molecule has 36 heavy (non-hydrogen) atoms. The summed E-state index contributed by atoms with van der Waals surface area (Å²) in [6.45, 7) is 0. The highest BCUT2D eigenvalue weighted by molar-refractivity contribution is 6.31. The van der Waals surface area contributed by atoms with Crippen molar-refractivity contribution in [1.82, 2.24) is 4.98 Å². The fourth-order valence-corrected chi connectivity index (χ4v) is 4.42. The third-order valence-corrected chi connectivity index (χ3v) is 6.11. The van der Waals surface area contributed by atoms with Gasteiger partial charge in [-0.05, 0) is 36.4 Å². The highest BCUT2D eigenvalue weighted by Crippen LogP contribution is 2.45. The largest absolute Gasteiger partial charge is 0.497 e. The van der Waals surface area contributed by atoms with Crippen LogP contribution in [0.5, 0.6) is 5.75 Å². The number of nitrogens with two attached hydrogens (primary N) is 1. The highest BCUT2D eigenvalue weighted by Gasteiger charge is 2.44. The number of carbonyl (C=O) groups is 2. The zero-order valence-corrected chi connectivity index (χ0v) is 20.4. The number of esters is 2. The molecule has 0 amide bonds. The molecule has 4 rings (SSSR count). The number of nitriles is 1. The normalized spacial score (nSPS) is 15.5. The highest BCUT2D eigenvalue weighted by atomic mass is 35.5. The van der Waals surface area contributed by atoms with E-state index in [0.29, 0.717) is 22.3 Å². The van der Waals surface area contributed by atoms with Crippen LogP contribution in [0.2, 0.25) is 5.15 Å². The maximum Gasteiger partial charge on any atom is 0.355 e. The van der Waals surface area contributed by atoms with E-state index in [1.54, 1.807) is 54.6 Å². The Kier molecular flexibility index (Phi) is 6.81. The lowest BCUT2D eigenvalue weighted by Gasteiger charge is -2.36. The molecule has 10 heteroatoms. The number of pyridine rings is 1. The zero-order chi connectivity index (χ0) is 26.0. The fraction of sp³-hybridized carbons (Fsp3) is 0.154. The quantitative estimate of drug-likeness (QED) is 0.407. The van der Waals surface area contributed by atoms with Crippen LogP contribution in [0, 0.1) is 11.3 Å². The molecular weight excluding hydrogens is 484 g/mol. The Morgan fingerprint density at radius 1 is 1.06 bits per heavy atom. The smallest absolute Gasteiger partial charge is 0.355 e. The number of hydrogen-bond donors (Lipinski definition) is 1. The predicted molar refractivity (Wildman–Crippen MR) is 133 cm³/mol. The number of aromatic nitrogens is 1. The molecular formula is C26H21ClN4O5. The van der Waals surface area contributed by atoms with Crippen molar-refractivity contribution in [2.45, 2.75) is 5.92 Å². The van der Waals surface area contributed by atoms with Crippen LogP contribution in [0.1, 0.15) is 11.5 Å². The number of benzene rings is 2. The molecule has 0 saturated heterocycles. The third-order valence-electron chi connectivity index (χ3n) is 5.81. The van der Waals surface area contributed by atoms with Crippen LogP contribution in [0.4, 0.5) is 5.69 Å². The van der Waals surface area contributed by atoms with Gasteiger partial charge < -0.3 is 19.9 Å². The van der Waals surface area contributed by atoms with E-state index in [0.717, 1.165) is 0 Å². The van der Waals surface area contributed by atoms with E-state index in [4.69, 9.17) is 31.5 Å². The number of rotatable bonds is 5. The van der Waals surface area contributed by atoms with Crippen molar-refractivity contribution in [2.75, 3.05) is 26.2 Å². The SMILES string of the molecule is COC(=O)C1=C(C(=O)OC)N(c2ccccc2)C(N)=C(C#N)C1c1cc2cc(OC)ccc2nc1Cl. The van der Waals surface area contributed by atoms with Gasteiger partial charge in [0, 0.05) is 16.6 Å². The summed E-state index contributed by atoms with van der Waals surface area (Å²) in [7, 11) is 3.88. The lowest BCUT2D eigenvalue weighted by molar-refractivity contribution is -0.139. The van der Waals surface area contributed by atoms with Crippen LogP contribution < -0.4 is 15.4 Å². The molecule has 1 aliphatic heterocycles. The lowest BCUT2D eigenvalue weighted by Crippen LogP contribution is -2.40. The van der Waals surface area contributed by atoms with E-state index in [1.807, 2.05) is 0 Å². The van der Waals surface area contributed by atoms with Gasteiger partial charge >= 0.3 is 11.9 Å². The Morgan fingerprint density at radius 2 is 1.75 bits per heavy atom. The molecule has 3 aromatic rings. The van der Waals surface area contributed by atoms with Gasteiger partial charge in [-0.1, -0.05) is 29.8 Å². The van der Waals surface area contributed by atoms with Crippen molar-refractivity contribution in [2.24, 2.45) is 5.73 Å². The number of nitrogens with zero attached hydrogens (tertiary/aromatic N) is 3. The monoisotopic (exact) mass is 504 g/mol. The average molecular weight is 505 g/mol. The number of para-hydroxylation sites is 1. The van der Waals surface area contributed by atoms with Gasteiger partial charge in [-0.3, -0.25) is 4.90 Å². The number of allylic oxidation sites excluding steroid dienone is 1. The van der Waals surface area contributed by atoms with Gasteiger partial charge in [-0.15, -0.1) is 0 Å². The van der Waals surface area contributed by atoms with E-state index in [2.05, 4.69) is 11.1 Å². The molecule has 1 aromatic heterocycles. The maximum absolute atomic E-state index is 13.2. The first-order chi connectivity index (χ1) is 17.4. The number of ether oxygens (including phenoxy) is 3. The molecule has 0 saturated carbocycles. The van der Waals surface area contributed by atoms with Gasteiger partial charge in [0.1, 0.15) is 22.4 Å².